The maximum Gasteiger partial charge on any atom is 0.220 e. The predicted octanol–water partition coefficient (Wildman–Crippen LogP) is 4.17. The number of rotatable bonds is 9. The molecule has 1 aromatic carbocycles. The average molecular weight is 355 g/mol. The summed E-state index contributed by atoms with van der Waals surface area (Å²) in [6, 6.07) is 8.10. The van der Waals surface area contributed by atoms with Gasteiger partial charge in [0.25, 0.3) is 0 Å². The van der Waals surface area contributed by atoms with Crippen LogP contribution in [-0.2, 0) is 4.79 Å². The minimum atomic E-state index is 0.0460. The zero-order valence-corrected chi connectivity index (χ0v) is 14.7. The van der Waals surface area contributed by atoms with Crippen molar-refractivity contribution in [3.05, 3.63) is 34.3 Å². The average Bonchev–Trinajstić information content (AvgIpc) is 2.46. The van der Waals surface area contributed by atoms with Crippen LogP contribution in [0, 0.1) is 5.92 Å². The zero-order valence-electron chi connectivity index (χ0n) is 13.1. The summed E-state index contributed by atoms with van der Waals surface area (Å²) in [6.45, 7) is 4.91. The van der Waals surface area contributed by atoms with Crippen LogP contribution in [0.4, 0.5) is 0 Å². The van der Waals surface area contributed by atoms with E-state index in [2.05, 4.69) is 28.2 Å². The number of carbonyl (C=O) groups is 1. The smallest absolute Gasteiger partial charge is 0.220 e. The molecule has 0 aliphatic carbocycles. The molecule has 3 nitrogen and oxygen atoms in total. The minimum absolute atomic E-state index is 0.0460. The fourth-order valence-corrected chi connectivity index (χ4v) is 2.82. The molecule has 0 radical (unpaired) electrons. The van der Waals surface area contributed by atoms with Crippen molar-refractivity contribution in [1.82, 2.24) is 5.32 Å². The van der Waals surface area contributed by atoms with Gasteiger partial charge in [-0.2, -0.15) is 0 Å². The van der Waals surface area contributed by atoms with Crippen LogP contribution >= 0.6 is 15.9 Å². The lowest BCUT2D eigenvalue weighted by Crippen LogP contribution is -2.27. The van der Waals surface area contributed by atoms with Crippen LogP contribution < -0.4 is 11.1 Å². The fourth-order valence-electron chi connectivity index (χ4n) is 2.56. The molecule has 0 fully saturated rings. The van der Waals surface area contributed by atoms with Crippen LogP contribution in [0.5, 0.6) is 0 Å². The summed E-state index contributed by atoms with van der Waals surface area (Å²) >= 11 is 3.42. The van der Waals surface area contributed by atoms with Gasteiger partial charge < -0.3 is 11.1 Å². The third-order valence-electron chi connectivity index (χ3n) is 3.80. The molecule has 1 rings (SSSR count). The first-order valence-electron chi connectivity index (χ1n) is 7.81. The molecular weight excluding hydrogens is 328 g/mol. The van der Waals surface area contributed by atoms with Gasteiger partial charge in [-0.3, -0.25) is 4.79 Å². The van der Waals surface area contributed by atoms with Gasteiger partial charge in [0.1, 0.15) is 0 Å². The highest BCUT2D eigenvalue weighted by Gasteiger charge is 2.12. The first-order valence-corrected chi connectivity index (χ1v) is 8.61. The largest absolute Gasteiger partial charge is 0.350 e. The van der Waals surface area contributed by atoms with E-state index in [1.807, 2.05) is 31.2 Å². The van der Waals surface area contributed by atoms with Crippen LogP contribution in [0.2, 0.25) is 0 Å². The molecule has 4 heteroatoms. The monoisotopic (exact) mass is 354 g/mol. The Labute approximate surface area is 136 Å². The number of nitrogens with two attached hydrogens (primary N) is 1. The molecule has 0 bridgehead atoms. The van der Waals surface area contributed by atoms with Gasteiger partial charge in [-0.25, -0.2) is 0 Å². The van der Waals surface area contributed by atoms with E-state index >= 15 is 0 Å². The normalized spacial score (nSPS) is 13.7. The van der Waals surface area contributed by atoms with E-state index in [1.165, 1.54) is 0 Å². The molecule has 0 saturated heterocycles. The van der Waals surface area contributed by atoms with Gasteiger partial charge in [0, 0.05) is 10.9 Å². The SMILES string of the molecule is CCCC(CCN)CCC(=O)NC(C)c1ccc(Br)cc1. The van der Waals surface area contributed by atoms with Crippen molar-refractivity contribution in [2.45, 2.75) is 52.0 Å². The van der Waals surface area contributed by atoms with Crippen LogP contribution in [-0.4, -0.2) is 12.5 Å². The molecule has 0 aromatic heterocycles. The molecule has 2 atom stereocenters. The number of nitrogens with one attached hydrogen (secondary N) is 1. The molecule has 1 amide bonds. The lowest BCUT2D eigenvalue weighted by atomic mass is 9.94. The summed E-state index contributed by atoms with van der Waals surface area (Å²) < 4.78 is 1.05. The summed E-state index contributed by atoms with van der Waals surface area (Å²) in [7, 11) is 0. The first kappa shape index (κ1) is 18.2. The van der Waals surface area contributed by atoms with Crippen molar-refractivity contribution in [2.24, 2.45) is 11.7 Å². The molecular formula is C17H27BrN2O. The summed E-state index contributed by atoms with van der Waals surface area (Å²) in [5.74, 6) is 0.706. The Balaban J connectivity index is 2.40. The van der Waals surface area contributed by atoms with Crippen molar-refractivity contribution in [3.63, 3.8) is 0 Å². The van der Waals surface area contributed by atoms with Crippen molar-refractivity contribution in [3.8, 4) is 0 Å². The van der Waals surface area contributed by atoms with E-state index < -0.39 is 0 Å². The first-order chi connectivity index (χ1) is 10.1. The van der Waals surface area contributed by atoms with Gasteiger partial charge in [0.2, 0.25) is 5.91 Å². The van der Waals surface area contributed by atoms with E-state index in [1.54, 1.807) is 0 Å². The van der Waals surface area contributed by atoms with Crippen molar-refractivity contribution in [2.75, 3.05) is 6.54 Å². The van der Waals surface area contributed by atoms with Crippen molar-refractivity contribution >= 4 is 21.8 Å². The second-order valence-corrected chi connectivity index (χ2v) is 6.53. The number of benzene rings is 1. The van der Waals surface area contributed by atoms with E-state index in [4.69, 9.17) is 5.73 Å². The summed E-state index contributed by atoms with van der Waals surface area (Å²) in [5.41, 5.74) is 6.75. The lowest BCUT2D eigenvalue weighted by molar-refractivity contribution is -0.122. The number of halogens is 1. The highest BCUT2D eigenvalue weighted by atomic mass is 79.9. The Hall–Kier alpha value is -0.870. The quantitative estimate of drug-likeness (QED) is 0.698. The van der Waals surface area contributed by atoms with E-state index in [9.17, 15) is 4.79 Å². The van der Waals surface area contributed by atoms with Crippen LogP contribution in [0.1, 0.15) is 57.6 Å². The summed E-state index contributed by atoms with van der Waals surface area (Å²) in [5, 5.41) is 3.07. The Morgan fingerprint density at radius 2 is 1.90 bits per heavy atom. The Morgan fingerprint density at radius 3 is 2.48 bits per heavy atom. The van der Waals surface area contributed by atoms with E-state index in [-0.39, 0.29) is 11.9 Å². The van der Waals surface area contributed by atoms with Crippen molar-refractivity contribution < 1.29 is 4.79 Å². The maximum atomic E-state index is 12.1. The topological polar surface area (TPSA) is 55.1 Å². The summed E-state index contributed by atoms with van der Waals surface area (Å²) in [4.78, 5) is 12.1. The predicted molar refractivity (Wildman–Crippen MR) is 92.0 cm³/mol. The van der Waals surface area contributed by atoms with Crippen LogP contribution in [0.3, 0.4) is 0 Å². The van der Waals surface area contributed by atoms with Gasteiger partial charge in [0.15, 0.2) is 0 Å². The molecule has 0 aliphatic heterocycles. The Kier molecular flexibility index (Phi) is 8.62. The van der Waals surface area contributed by atoms with Crippen LogP contribution in [0.25, 0.3) is 0 Å². The van der Waals surface area contributed by atoms with Crippen LogP contribution in [0.15, 0.2) is 28.7 Å². The lowest BCUT2D eigenvalue weighted by Gasteiger charge is -2.17. The Morgan fingerprint density at radius 1 is 1.24 bits per heavy atom. The number of hydrogen-bond donors (Lipinski definition) is 2. The molecule has 0 heterocycles. The maximum absolute atomic E-state index is 12.1. The van der Waals surface area contributed by atoms with E-state index in [0.29, 0.717) is 18.9 Å². The highest BCUT2D eigenvalue weighted by molar-refractivity contribution is 9.10. The summed E-state index contributed by atoms with van der Waals surface area (Å²) in [6.07, 6.45) is 4.85. The molecule has 2 unspecified atom stereocenters. The highest BCUT2D eigenvalue weighted by Crippen LogP contribution is 2.19. The number of amides is 1. The molecule has 21 heavy (non-hydrogen) atoms. The standard InChI is InChI=1S/C17H27BrN2O/c1-3-4-14(11-12-19)5-10-17(21)20-13(2)15-6-8-16(18)9-7-15/h6-9,13-14H,3-5,10-12,19H2,1-2H3,(H,20,21). The molecule has 0 spiro atoms. The van der Waals surface area contributed by atoms with Gasteiger partial charge in [-0.15, -0.1) is 0 Å². The molecule has 1 aromatic rings. The van der Waals surface area contributed by atoms with Gasteiger partial charge in [-0.1, -0.05) is 47.8 Å². The van der Waals surface area contributed by atoms with E-state index in [0.717, 1.165) is 35.7 Å². The second-order valence-electron chi connectivity index (χ2n) is 5.61. The second kappa shape index (κ2) is 9.96. The fraction of sp³-hybridized carbons (Fsp3) is 0.588. The van der Waals surface area contributed by atoms with Gasteiger partial charge in [-0.05, 0) is 49.9 Å². The zero-order chi connectivity index (χ0) is 15.7. The minimum Gasteiger partial charge on any atom is -0.350 e. The number of hydrogen-bond acceptors (Lipinski definition) is 2. The molecule has 118 valence electrons. The third kappa shape index (κ3) is 7.09. The Bertz CT molecular complexity index is 413. The number of carbonyl (C=O) groups excluding carboxylic acids is 1. The molecule has 0 saturated carbocycles. The molecule has 0 aliphatic rings. The van der Waals surface area contributed by atoms with Gasteiger partial charge >= 0.3 is 0 Å². The van der Waals surface area contributed by atoms with Gasteiger partial charge in [0.05, 0.1) is 6.04 Å². The molecule has 3 N–H and O–H groups in total. The van der Waals surface area contributed by atoms with Crippen molar-refractivity contribution in [1.29, 1.82) is 0 Å². The third-order valence-corrected chi connectivity index (χ3v) is 4.33.